The standard InChI is InChI=1S/C12H17NO2/c1-5-9-10(8(2)6-7-13-9)11(14)12(3,4)15/h6-7,15H,5H2,1-4H3. The van der Waals surface area contributed by atoms with Crippen LogP contribution in [-0.2, 0) is 6.42 Å². The number of aliphatic hydroxyl groups is 1. The molecule has 0 spiro atoms. The highest BCUT2D eigenvalue weighted by atomic mass is 16.3. The topological polar surface area (TPSA) is 50.2 Å². The van der Waals surface area contributed by atoms with Crippen molar-refractivity contribution >= 4 is 5.78 Å². The molecule has 0 aromatic carbocycles. The van der Waals surface area contributed by atoms with Crippen LogP contribution in [0.1, 0.15) is 42.4 Å². The largest absolute Gasteiger partial charge is 0.382 e. The van der Waals surface area contributed by atoms with Crippen LogP contribution in [0, 0.1) is 6.92 Å². The summed E-state index contributed by atoms with van der Waals surface area (Å²) in [7, 11) is 0. The number of carbonyl (C=O) groups excluding carboxylic acids is 1. The van der Waals surface area contributed by atoms with Crippen molar-refractivity contribution in [2.45, 2.75) is 39.7 Å². The van der Waals surface area contributed by atoms with E-state index in [1.807, 2.05) is 13.8 Å². The van der Waals surface area contributed by atoms with Gasteiger partial charge in [0.05, 0.1) is 5.69 Å². The maximum Gasteiger partial charge on any atom is 0.195 e. The van der Waals surface area contributed by atoms with Crippen LogP contribution in [0.5, 0.6) is 0 Å². The molecule has 0 atom stereocenters. The Morgan fingerprint density at radius 3 is 2.60 bits per heavy atom. The molecule has 0 unspecified atom stereocenters. The van der Waals surface area contributed by atoms with Gasteiger partial charge in [-0.2, -0.15) is 0 Å². The number of carbonyl (C=O) groups is 1. The Balaban J connectivity index is 3.30. The smallest absolute Gasteiger partial charge is 0.195 e. The average Bonchev–Trinajstić information content (AvgIpc) is 2.15. The van der Waals surface area contributed by atoms with Gasteiger partial charge in [0.1, 0.15) is 5.60 Å². The first-order valence-electron chi connectivity index (χ1n) is 5.09. The van der Waals surface area contributed by atoms with Gasteiger partial charge in [-0.25, -0.2) is 0 Å². The Hall–Kier alpha value is -1.22. The molecule has 1 aromatic heterocycles. The van der Waals surface area contributed by atoms with E-state index in [0.717, 1.165) is 11.3 Å². The predicted molar refractivity (Wildman–Crippen MR) is 59.0 cm³/mol. The van der Waals surface area contributed by atoms with Gasteiger partial charge in [-0.1, -0.05) is 6.92 Å². The van der Waals surface area contributed by atoms with Crippen LogP contribution >= 0.6 is 0 Å². The first-order chi connectivity index (χ1) is 6.88. The zero-order valence-corrected chi connectivity index (χ0v) is 9.66. The van der Waals surface area contributed by atoms with Crippen molar-refractivity contribution in [3.05, 3.63) is 29.1 Å². The predicted octanol–water partition coefficient (Wildman–Crippen LogP) is 1.91. The van der Waals surface area contributed by atoms with Gasteiger partial charge >= 0.3 is 0 Å². The Labute approximate surface area is 90.2 Å². The molecule has 0 aliphatic rings. The third-order valence-corrected chi connectivity index (χ3v) is 2.36. The zero-order valence-electron chi connectivity index (χ0n) is 9.66. The van der Waals surface area contributed by atoms with Gasteiger partial charge in [0.25, 0.3) is 0 Å². The van der Waals surface area contributed by atoms with E-state index in [2.05, 4.69) is 4.98 Å². The molecular formula is C12H17NO2. The maximum atomic E-state index is 12.0. The van der Waals surface area contributed by atoms with Crippen LogP contribution in [0.3, 0.4) is 0 Å². The molecule has 82 valence electrons. The summed E-state index contributed by atoms with van der Waals surface area (Å²) in [6, 6.07) is 1.79. The second-order valence-corrected chi connectivity index (χ2v) is 4.19. The van der Waals surface area contributed by atoms with Crippen molar-refractivity contribution in [2.24, 2.45) is 0 Å². The molecule has 15 heavy (non-hydrogen) atoms. The third-order valence-electron chi connectivity index (χ3n) is 2.36. The number of aryl methyl sites for hydroxylation is 2. The van der Waals surface area contributed by atoms with Gasteiger partial charge in [-0.15, -0.1) is 0 Å². The normalized spacial score (nSPS) is 11.5. The van der Waals surface area contributed by atoms with Crippen LogP contribution in [0.15, 0.2) is 12.3 Å². The highest BCUT2D eigenvalue weighted by Gasteiger charge is 2.28. The van der Waals surface area contributed by atoms with E-state index >= 15 is 0 Å². The molecular weight excluding hydrogens is 190 g/mol. The summed E-state index contributed by atoms with van der Waals surface area (Å²) >= 11 is 0. The number of Topliss-reactive ketones (excluding diaryl/α,β-unsaturated/α-hetero) is 1. The summed E-state index contributed by atoms with van der Waals surface area (Å²) in [4.78, 5) is 16.1. The Bertz CT molecular complexity index is 378. The number of pyridine rings is 1. The molecule has 3 heteroatoms. The lowest BCUT2D eigenvalue weighted by molar-refractivity contribution is 0.0485. The number of rotatable bonds is 3. The monoisotopic (exact) mass is 207 g/mol. The minimum atomic E-state index is -1.34. The van der Waals surface area contributed by atoms with Gasteiger partial charge in [0.2, 0.25) is 0 Å². The van der Waals surface area contributed by atoms with E-state index in [1.54, 1.807) is 12.3 Å². The first-order valence-corrected chi connectivity index (χ1v) is 5.09. The molecule has 0 aliphatic carbocycles. The lowest BCUT2D eigenvalue weighted by atomic mass is 9.92. The molecule has 0 saturated heterocycles. The zero-order chi connectivity index (χ0) is 11.6. The molecule has 1 aromatic rings. The molecule has 0 bridgehead atoms. The van der Waals surface area contributed by atoms with Crippen LogP contribution < -0.4 is 0 Å². The average molecular weight is 207 g/mol. The summed E-state index contributed by atoms with van der Waals surface area (Å²) < 4.78 is 0. The molecule has 0 aliphatic heterocycles. The first kappa shape index (κ1) is 11.9. The van der Waals surface area contributed by atoms with Gasteiger partial charge in [-0.3, -0.25) is 9.78 Å². The van der Waals surface area contributed by atoms with E-state index in [0.29, 0.717) is 12.0 Å². The summed E-state index contributed by atoms with van der Waals surface area (Å²) in [6.07, 6.45) is 2.38. The molecule has 0 amide bonds. The fourth-order valence-electron chi connectivity index (χ4n) is 1.50. The second-order valence-electron chi connectivity index (χ2n) is 4.19. The van der Waals surface area contributed by atoms with Crippen LogP contribution in [0.4, 0.5) is 0 Å². The SMILES string of the molecule is CCc1nccc(C)c1C(=O)C(C)(C)O. The van der Waals surface area contributed by atoms with Crippen LogP contribution in [0.2, 0.25) is 0 Å². The Morgan fingerprint density at radius 1 is 1.53 bits per heavy atom. The van der Waals surface area contributed by atoms with Crippen molar-refractivity contribution in [1.29, 1.82) is 0 Å². The maximum absolute atomic E-state index is 12.0. The van der Waals surface area contributed by atoms with Gasteiger partial charge in [0, 0.05) is 11.8 Å². The minimum Gasteiger partial charge on any atom is -0.382 e. The highest BCUT2D eigenvalue weighted by Crippen LogP contribution is 2.19. The van der Waals surface area contributed by atoms with Crippen LogP contribution in [0.25, 0.3) is 0 Å². The highest BCUT2D eigenvalue weighted by molar-refractivity contribution is 6.03. The van der Waals surface area contributed by atoms with Crippen molar-refractivity contribution in [3.63, 3.8) is 0 Å². The number of ketones is 1. The van der Waals surface area contributed by atoms with Gasteiger partial charge in [0.15, 0.2) is 5.78 Å². The van der Waals surface area contributed by atoms with Crippen molar-refractivity contribution in [3.8, 4) is 0 Å². The molecule has 0 saturated carbocycles. The van der Waals surface area contributed by atoms with Crippen LogP contribution in [-0.4, -0.2) is 21.5 Å². The molecule has 3 nitrogen and oxygen atoms in total. The van der Waals surface area contributed by atoms with E-state index in [4.69, 9.17) is 0 Å². The van der Waals surface area contributed by atoms with E-state index in [-0.39, 0.29) is 5.78 Å². The molecule has 0 radical (unpaired) electrons. The molecule has 0 fully saturated rings. The lowest BCUT2D eigenvalue weighted by Gasteiger charge is -2.18. The van der Waals surface area contributed by atoms with Crippen molar-refractivity contribution in [2.75, 3.05) is 0 Å². The molecule has 1 N–H and O–H groups in total. The van der Waals surface area contributed by atoms with E-state index < -0.39 is 5.60 Å². The summed E-state index contributed by atoms with van der Waals surface area (Å²) in [5.74, 6) is -0.259. The van der Waals surface area contributed by atoms with Gasteiger partial charge < -0.3 is 5.11 Å². The minimum absolute atomic E-state index is 0.259. The quantitative estimate of drug-likeness (QED) is 0.770. The number of nitrogens with zero attached hydrogens (tertiary/aromatic N) is 1. The fraction of sp³-hybridized carbons (Fsp3) is 0.500. The Morgan fingerprint density at radius 2 is 2.13 bits per heavy atom. The van der Waals surface area contributed by atoms with E-state index in [9.17, 15) is 9.90 Å². The third kappa shape index (κ3) is 2.42. The summed E-state index contributed by atoms with van der Waals surface area (Å²) in [5.41, 5.74) is 0.848. The summed E-state index contributed by atoms with van der Waals surface area (Å²) in [5, 5.41) is 9.71. The Kier molecular flexibility index (Phi) is 3.25. The molecule has 1 heterocycles. The lowest BCUT2D eigenvalue weighted by Crippen LogP contribution is -2.32. The second kappa shape index (κ2) is 4.11. The summed E-state index contributed by atoms with van der Waals surface area (Å²) in [6.45, 7) is 6.81. The number of hydrogen-bond donors (Lipinski definition) is 1. The fourth-order valence-corrected chi connectivity index (χ4v) is 1.50. The van der Waals surface area contributed by atoms with Crippen molar-refractivity contribution in [1.82, 2.24) is 4.98 Å². The van der Waals surface area contributed by atoms with Crippen molar-refractivity contribution < 1.29 is 9.90 Å². The molecule has 1 rings (SSSR count). The van der Waals surface area contributed by atoms with E-state index in [1.165, 1.54) is 13.8 Å². The number of aromatic nitrogens is 1. The van der Waals surface area contributed by atoms with Gasteiger partial charge in [-0.05, 0) is 38.8 Å². The number of hydrogen-bond acceptors (Lipinski definition) is 3.